The maximum atomic E-state index is 12.5. The Morgan fingerprint density at radius 3 is 2.50 bits per heavy atom. The van der Waals surface area contributed by atoms with Crippen molar-refractivity contribution in [3.8, 4) is 5.75 Å². The molecule has 1 aromatic heterocycles. The van der Waals surface area contributed by atoms with E-state index in [2.05, 4.69) is 5.32 Å². The van der Waals surface area contributed by atoms with Crippen molar-refractivity contribution in [2.24, 2.45) is 7.05 Å². The van der Waals surface area contributed by atoms with E-state index in [1.807, 2.05) is 0 Å². The SMILES string of the molecule is CNCc1cc(=O)c(O)c(C(O)C(F)(F)F)n1C. The monoisotopic (exact) mass is 266 g/mol. The molecule has 0 aliphatic rings. The lowest BCUT2D eigenvalue weighted by atomic mass is 10.1. The van der Waals surface area contributed by atoms with Gasteiger partial charge in [-0.15, -0.1) is 0 Å². The minimum absolute atomic E-state index is 0.129. The molecule has 1 heterocycles. The summed E-state index contributed by atoms with van der Waals surface area (Å²) in [7, 11) is 2.79. The largest absolute Gasteiger partial charge is 0.503 e. The molecule has 0 saturated heterocycles. The van der Waals surface area contributed by atoms with E-state index >= 15 is 0 Å². The van der Waals surface area contributed by atoms with Crippen LogP contribution in [0, 0.1) is 0 Å². The van der Waals surface area contributed by atoms with Crippen molar-refractivity contribution in [2.75, 3.05) is 7.05 Å². The van der Waals surface area contributed by atoms with Gasteiger partial charge in [0.05, 0.1) is 0 Å². The van der Waals surface area contributed by atoms with E-state index in [-0.39, 0.29) is 12.2 Å². The molecule has 0 saturated carbocycles. The van der Waals surface area contributed by atoms with Crippen LogP contribution in [0.2, 0.25) is 0 Å². The summed E-state index contributed by atoms with van der Waals surface area (Å²) < 4.78 is 38.3. The van der Waals surface area contributed by atoms with Crippen molar-refractivity contribution in [1.29, 1.82) is 0 Å². The Kier molecular flexibility index (Phi) is 4.02. The first-order chi connectivity index (χ1) is 8.20. The number of aromatic hydroxyl groups is 1. The minimum Gasteiger partial charge on any atom is -0.503 e. The van der Waals surface area contributed by atoms with Gasteiger partial charge >= 0.3 is 6.18 Å². The topological polar surface area (TPSA) is 74.5 Å². The molecule has 18 heavy (non-hydrogen) atoms. The fraction of sp³-hybridized carbons (Fsp3) is 0.500. The molecule has 0 radical (unpaired) electrons. The molecule has 1 atom stereocenters. The summed E-state index contributed by atoms with van der Waals surface area (Å²) in [5, 5.41) is 21.2. The quantitative estimate of drug-likeness (QED) is 0.740. The Labute approximate surface area is 100 Å². The van der Waals surface area contributed by atoms with Gasteiger partial charge in [-0.1, -0.05) is 0 Å². The maximum absolute atomic E-state index is 12.5. The summed E-state index contributed by atoms with van der Waals surface area (Å²) in [6.45, 7) is 0.129. The molecule has 0 amide bonds. The fourth-order valence-electron chi connectivity index (χ4n) is 1.57. The maximum Gasteiger partial charge on any atom is 0.420 e. The summed E-state index contributed by atoms with van der Waals surface area (Å²) in [4.78, 5) is 11.3. The second-order valence-corrected chi connectivity index (χ2v) is 3.77. The normalized spacial score (nSPS) is 13.7. The van der Waals surface area contributed by atoms with E-state index < -0.39 is 29.2 Å². The average molecular weight is 266 g/mol. The summed E-state index contributed by atoms with van der Waals surface area (Å²) in [6.07, 6.45) is -7.87. The zero-order chi connectivity index (χ0) is 14.1. The van der Waals surface area contributed by atoms with E-state index in [1.54, 1.807) is 7.05 Å². The van der Waals surface area contributed by atoms with Gasteiger partial charge in [-0.05, 0) is 7.05 Å². The fourth-order valence-corrected chi connectivity index (χ4v) is 1.57. The molecule has 0 fully saturated rings. The van der Waals surface area contributed by atoms with Gasteiger partial charge in [-0.25, -0.2) is 0 Å². The number of hydrogen-bond acceptors (Lipinski definition) is 4. The van der Waals surface area contributed by atoms with Crippen molar-refractivity contribution in [3.63, 3.8) is 0 Å². The van der Waals surface area contributed by atoms with Gasteiger partial charge in [0, 0.05) is 25.4 Å². The van der Waals surface area contributed by atoms with Crippen molar-refractivity contribution in [3.05, 3.63) is 27.7 Å². The van der Waals surface area contributed by atoms with Crippen LogP contribution in [-0.2, 0) is 13.6 Å². The number of rotatable bonds is 3. The van der Waals surface area contributed by atoms with Crippen LogP contribution in [-0.4, -0.2) is 28.0 Å². The Morgan fingerprint density at radius 2 is 2.06 bits per heavy atom. The molecule has 1 unspecified atom stereocenters. The molecule has 0 aliphatic heterocycles. The van der Waals surface area contributed by atoms with Gasteiger partial charge in [0.1, 0.15) is 5.69 Å². The van der Waals surface area contributed by atoms with Crippen LogP contribution in [0.3, 0.4) is 0 Å². The third-order valence-electron chi connectivity index (χ3n) is 2.49. The minimum atomic E-state index is -4.96. The molecule has 0 spiro atoms. The predicted molar refractivity (Wildman–Crippen MR) is 57.1 cm³/mol. The first kappa shape index (κ1) is 14.5. The summed E-state index contributed by atoms with van der Waals surface area (Å²) in [5.41, 5.74) is -1.60. The van der Waals surface area contributed by atoms with Crippen LogP contribution >= 0.6 is 0 Å². The molecule has 102 valence electrons. The first-order valence-corrected chi connectivity index (χ1v) is 5.01. The average Bonchev–Trinajstić information content (AvgIpc) is 2.25. The van der Waals surface area contributed by atoms with Crippen LogP contribution in [0.4, 0.5) is 13.2 Å². The number of pyridine rings is 1. The Bertz CT molecular complexity index is 496. The highest BCUT2D eigenvalue weighted by Gasteiger charge is 2.42. The Balaban J connectivity index is 3.47. The number of aromatic nitrogens is 1. The van der Waals surface area contributed by atoms with Gasteiger partial charge in [-0.3, -0.25) is 4.79 Å². The van der Waals surface area contributed by atoms with Crippen molar-refractivity contribution >= 4 is 0 Å². The number of alkyl halides is 3. The van der Waals surface area contributed by atoms with Gasteiger partial charge in [-0.2, -0.15) is 13.2 Å². The van der Waals surface area contributed by atoms with E-state index in [1.165, 1.54) is 7.05 Å². The molecular weight excluding hydrogens is 253 g/mol. The zero-order valence-electron chi connectivity index (χ0n) is 9.75. The highest BCUT2D eigenvalue weighted by molar-refractivity contribution is 5.32. The lowest BCUT2D eigenvalue weighted by molar-refractivity contribution is -0.209. The summed E-state index contributed by atoms with van der Waals surface area (Å²) >= 11 is 0. The van der Waals surface area contributed by atoms with Crippen LogP contribution < -0.4 is 10.7 Å². The molecule has 0 bridgehead atoms. The van der Waals surface area contributed by atoms with Crippen LogP contribution in [0.1, 0.15) is 17.5 Å². The second-order valence-electron chi connectivity index (χ2n) is 3.77. The predicted octanol–water partition coefficient (Wildman–Crippen LogP) is 0.406. The lowest BCUT2D eigenvalue weighted by Crippen LogP contribution is -2.28. The highest BCUT2D eigenvalue weighted by atomic mass is 19.4. The van der Waals surface area contributed by atoms with Gasteiger partial charge in [0.15, 0.2) is 11.9 Å². The Hall–Kier alpha value is -1.54. The third kappa shape index (κ3) is 2.65. The van der Waals surface area contributed by atoms with Crippen LogP contribution in [0.25, 0.3) is 0 Å². The van der Waals surface area contributed by atoms with E-state index in [4.69, 9.17) is 0 Å². The molecule has 0 aromatic carbocycles. The Morgan fingerprint density at radius 1 is 1.50 bits per heavy atom. The summed E-state index contributed by atoms with van der Waals surface area (Å²) in [6, 6.07) is 1.01. The molecule has 8 heteroatoms. The van der Waals surface area contributed by atoms with E-state index in [0.29, 0.717) is 0 Å². The molecule has 1 aromatic rings. The van der Waals surface area contributed by atoms with E-state index in [0.717, 1.165) is 10.6 Å². The number of nitrogens with zero attached hydrogens (tertiary/aromatic N) is 1. The molecule has 5 nitrogen and oxygen atoms in total. The van der Waals surface area contributed by atoms with Crippen molar-refractivity contribution in [2.45, 2.75) is 18.8 Å². The molecule has 0 aliphatic carbocycles. The second kappa shape index (κ2) is 4.99. The number of aliphatic hydroxyl groups excluding tert-OH is 1. The smallest absolute Gasteiger partial charge is 0.420 e. The van der Waals surface area contributed by atoms with E-state index in [9.17, 15) is 28.2 Å². The molecule has 3 N–H and O–H groups in total. The first-order valence-electron chi connectivity index (χ1n) is 5.01. The number of halogens is 3. The highest BCUT2D eigenvalue weighted by Crippen LogP contribution is 2.35. The van der Waals surface area contributed by atoms with Gasteiger partial charge < -0.3 is 20.1 Å². The number of aliphatic hydroxyl groups is 1. The summed E-state index contributed by atoms with van der Waals surface area (Å²) in [5.74, 6) is -1.10. The lowest BCUT2D eigenvalue weighted by Gasteiger charge is -2.21. The zero-order valence-corrected chi connectivity index (χ0v) is 9.75. The molecular formula is C10H13F3N2O3. The van der Waals surface area contributed by atoms with Crippen LogP contribution in [0.5, 0.6) is 5.75 Å². The van der Waals surface area contributed by atoms with Gasteiger partial charge in [0.2, 0.25) is 5.43 Å². The van der Waals surface area contributed by atoms with Gasteiger partial charge in [0.25, 0.3) is 0 Å². The van der Waals surface area contributed by atoms with Crippen LogP contribution in [0.15, 0.2) is 10.9 Å². The standard InChI is InChI=1S/C10H13F3N2O3/c1-14-4-5-3-6(16)8(17)7(15(5)2)9(18)10(11,12)13/h3,9,14,17-18H,4H2,1-2H3. The number of nitrogens with one attached hydrogen (secondary N) is 1. The van der Waals surface area contributed by atoms with Crippen molar-refractivity contribution < 1.29 is 23.4 Å². The third-order valence-corrected chi connectivity index (χ3v) is 2.49. The van der Waals surface area contributed by atoms with Crippen molar-refractivity contribution in [1.82, 2.24) is 9.88 Å². The molecule has 1 rings (SSSR count). The number of hydrogen-bond donors (Lipinski definition) is 3.